The number of carbonyl (C=O) groups excluding carboxylic acids is 1. The van der Waals surface area contributed by atoms with E-state index < -0.39 is 0 Å². The van der Waals surface area contributed by atoms with E-state index >= 15 is 0 Å². The number of hydrogen-bond donors (Lipinski definition) is 0. The number of aryl methyl sites for hydroxylation is 1. The van der Waals surface area contributed by atoms with Gasteiger partial charge in [0.05, 0.1) is 26.5 Å². The van der Waals surface area contributed by atoms with Crippen LogP contribution in [0.5, 0.6) is 17.2 Å². The van der Waals surface area contributed by atoms with Crippen LogP contribution in [0.2, 0.25) is 0 Å². The number of amides is 1. The molecule has 0 saturated carbocycles. The third kappa shape index (κ3) is 6.69. The van der Waals surface area contributed by atoms with E-state index in [-0.39, 0.29) is 12.5 Å². The average Bonchev–Trinajstić information content (AvgIpc) is 3.29. The Labute approximate surface area is 198 Å². The van der Waals surface area contributed by atoms with Crippen molar-refractivity contribution in [2.75, 3.05) is 34.5 Å². The smallest absolute Gasteiger partial charge is 0.254 e. The monoisotopic (exact) mass is 470 g/mol. The van der Waals surface area contributed by atoms with Gasteiger partial charge in [0.1, 0.15) is 11.6 Å². The molecule has 7 nitrogen and oxygen atoms in total. The lowest BCUT2D eigenvalue weighted by Crippen LogP contribution is -2.32. The van der Waals surface area contributed by atoms with Gasteiger partial charge in [-0.15, -0.1) is 11.3 Å². The molecule has 0 fully saturated rings. The molecule has 176 valence electrons. The highest BCUT2D eigenvalue weighted by molar-refractivity contribution is 7.09. The van der Waals surface area contributed by atoms with Crippen molar-refractivity contribution in [1.82, 2.24) is 9.88 Å². The largest absolute Gasteiger partial charge is 0.493 e. The van der Waals surface area contributed by atoms with E-state index in [0.717, 1.165) is 22.7 Å². The highest BCUT2D eigenvalue weighted by atomic mass is 32.1. The van der Waals surface area contributed by atoms with Gasteiger partial charge in [-0.25, -0.2) is 4.98 Å². The first-order valence-electron chi connectivity index (χ1n) is 10.7. The quantitative estimate of drug-likeness (QED) is 0.357. The third-order valence-electron chi connectivity index (χ3n) is 5.04. The molecule has 0 unspecified atom stereocenters. The second-order valence-electron chi connectivity index (χ2n) is 7.45. The fourth-order valence-corrected chi connectivity index (χ4v) is 4.00. The zero-order valence-corrected chi connectivity index (χ0v) is 20.3. The van der Waals surface area contributed by atoms with Crippen LogP contribution in [0.4, 0.5) is 0 Å². The van der Waals surface area contributed by atoms with Gasteiger partial charge in [-0.2, -0.15) is 0 Å². The van der Waals surface area contributed by atoms with Gasteiger partial charge >= 0.3 is 0 Å². The summed E-state index contributed by atoms with van der Waals surface area (Å²) < 4.78 is 21.9. The molecular weight excluding hydrogens is 440 g/mol. The Morgan fingerprint density at radius 1 is 1.03 bits per heavy atom. The number of methoxy groups -OCH3 is 3. The number of benzene rings is 2. The summed E-state index contributed by atoms with van der Waals surface area (Å²) in [5.74, 6) is 1.71. The molecule has 8 heteroatoms. The molecule has 0 spiro atoms. The second kappa shape index (κ2) is 12.2. The summed E-state index contributed by atoms with van der Waals surface area (Å²) in [6.45, 7) is 3.88. The number of para-hydroxylation sites is 1. The SMILES string of the molecule is COCCCN(Cc1csc(COc2c(OC)cccc2OC)n1)C(=O)c1ccc(C)cc1. The molecular formula is C25H30N2O5S. The maximum Gasteiger partial charge on any atom is 0.254 e. The molecule has 0 bridgehead atoms. The highest BCUT2D eigenvalue weighted by Crippen LogP contribution is 2.37. The Balaban J connectivity index is 1.69. The summed E-state index contributed by atoms with van der Waals surface area (Å²) in [7, 11) is 4.84. The molecule has 0 aliphatic heterocycles. The van der Waals surface area contributed by atoms with Crippen LogP contribution in [0.3, 0.4) is 0 Å². The first-order chi connectivity index (χ1) is 16.0. The molecule has 1 aromatic heterocycles. The lowest BCUT2D eigenvalue weighted by Gasteiger charge is -2.22. The summed E-state index contributed by atoms with van der Waals surface area (Å²) >= 11 is 1.50. The van der Waals surface area contributed by atoms with Gasteiger partial charge in [-0.05, 0) is 37.6 Å². The van der Waals surface area contributed by atoms with Crippen LogP contribution >= 0.6 is 11.3 Å². The fraction of sp³-hybridized carbons (Fsp3) is 0.360. The Kier molecular flexibility index (Phi) is 9.09. The Hall–Kier alpha value is -3.10. The number of aromatic nitrogens is 1. The minimum atomic E-state index is -0.0179. The van der Waals surface area contributed by atoms with Gasteiger partial charge in [-0.1, -0.05) is 23.8 Å². The first-order valence-corrected chi connectivity index (χ1v) is 11.6. The Morgan fingerprint density at radius 3 is 2.36 bits per heavy atom. The van der Waals surface area contributed by atoms with E-state index in [4.69, 9.17) is 18.9 Å². The zero-order valence-electron chi connectivity index (χ0n) is 19.5. The molecule has 3 aromatic rings. The zero-order chi connectivity index (χ0) is 23.6. The van der Waals surface area contributed by atoms with E-state index in [1.807, 2.05) is 59.7 Å². The molecule has 0 aliphatic rings. The van der Waals surface area contributed by atoms with Crippen molar-refractivity contribution in [3.05, 3.63) is 69.7 Å². The number of carbonyl (C=O) groups is 1. The Bertz CT molecular complexity index is 1010. The van der Waals surface area contributed by atoms with Crippen molar-refractivity contribution < 1.29 is 23.7 Å². The van der Waals surface area contributed by atoms with Crippen molar-refractivity contribution >= 4 is 17.2 Å². The number of rotatable bonds is 12. The van der Waals surface area contributed by atoms with Crippen molar-refractivity contribution in [2.45, 2.75) is 26.5 Å². The summed E-state index contributed by atoms with van der Waals surface area (Å²) in [5, 5.41) is 2.77. The van der Waals surface area contributed by atoms with Crippen LogP contribution < -0.4 is 14.2 Å². The van der Waals surface area contributed by atoms with Gasteiger partial charge in [-0.3, -0.25) is 4.79 Å². The Morgan fingerprint density at radius 2 is 1.73 bits per heavy atom. The fourth-order valence-electron chi connectivity index (χ4n) is 3.31. The van der Waals surface area contributed by atoms with Gasteiger partial charge < -0.3 is 23.8 Å². The molecule has 33 heavy (non-hydrogen) atoms. The van der Waals surface area contributed by atoms with Crippen LogP contribution in [0.25, 0.3) is 0 Å². The number of thiazole rings is 1. The maximum atomic E-state index is 13.1. The molecule has 0 N–H and O–H groups in total. The molecule has 2 aromatic carbocycles. The van der Waals surface area contributed by atoms with Crippen LogP contribution in [0.1, 0.15) is 33.0 Å². The van der Waals surface area contributed by atoms with Crippen molar-refractivity contribution in [2.24, 2.45) is 0 Å². The highest BCUT2D eigenvalue weighted by Gasteiger charge is 2.18. The van der Waals surface area contributed by atoms with Gasteiger partial charge in [0.15, 0.2) is 11.5 Å². The predicted molar refractivity (Wildman–Crippen MR) is 128 cm³/mol. The van der Waals surface area contributed by atoms with Crippen LogP contribution in [-0.2, 0) is 17.9 Å². The molecule has 1 heterocycles. The van der Waals surface area contributed by atoms with Gasteiger partial charge in [0.25, 0.3) is 5.91 Å². The maximum absolute atomic E-state index is 13.1. The molecule has 0 aliphatic carbocycles. The molecule has 3 rings (SSSR count). The van der Waals surface area contributed by atoms with E-state index in [1.54, 1.807) is 21.3 Å². The lowest BCUT2D eigenvalue weighted by molar-refractivity contribution is 0.0721. The predicted octanol–water partition coefficient (Wildman–Crippen LogP) is 4.73. The molecule has 1 amide bonds. The normalized spacial score (nSPS) is 10.7. The number of nitrogens with zero attached hydrogens (tertiary/aromatic N) is 2. The van der Waals surface area contributed by atoms with Crippen molar-refractivity contribution in [3.63, 3.8) is 0 Å². The average molecular weight is 471 g/mol. The third-order valence-corrected chi connectivity index (χ3v) is 5.91. The van der Waals surface area contributed by atoms with E-state index in [9.17, 15) is 4.79 Å². The molecule has 0 atom stereocenters. The summed E-state index contributed by atoms with van der Waals surface area (Å²) in [4.78, 5) is 19.6. The minimum Gasteiger partial charge on any atom is -0.493 e. The topological polar surface area (TPSA) is 70.1 Å². The number of hydrogen-bond acceptors (Lipinski definition) is 7. The van der Waals surface area contributed by atoms with E-state index in [2.05, 4.69) is 4.98 Å². The number of ether oxygens (including phenoxy) is 4. The summed E-state index contributed by atoms with van der Waals surface area (Å²) in [6.07, 6.45) is 0.752. The standard InChI is InChI=1S/C25H30N2O5S/c1-18-9-11-19(12-10-18)25(28)27(13-6-14-29-2)15-20-17-33-23(26-20)16-32-24-21(30-3)7-5-8-22(24)31-4/h5,7-12,17H,6,13-16H2,1-4H3. The van der Waals surface area contributed by atoms with Crippen molar-refractivity contribution in [1.29, 1.82) is 0 Å². The minimum absolute atomic E-state index is 0.0179. The van der Waals surface area contributed by atoms with Crippen LogP contribution in [0.15, 0.2) is 47.8 Å². The molecule has 0 saturated heterocycles. The molecule has 0 radical (unpaired) electrons. The van der Waals surface area contributed by atoms with Crippen LogP contribution in [0, 0.1) is 6.92 Å². The van der Waals surface area contributed by atoms with Gasteiger partial charge in [0.2, 0.25) is 5.75 Å². The van der Waals surface area contributed by atoms with Crippen molar-refractivity contribution in [3.8, 4) is 17.2 Å². The van der Waals surface area contributed by atoms with Gasteiger partial charge in [0, 0.05) is 31.2 Å². The van der Waals surface area contributed by atoms with E-state index in [1.165, 1.54) is 11.3 Å². The van der Waals surface area contributed by atoms with Crippen LogP contribution in [-0.4, -0.2) is 50.3 Å². The summed E-state index contributed by atoms with van der Waals surface area (Å²) in [6, 6.07) is 13.1. The lowest BCUT2D eigenvalue weighted by atomic mass is 10.1. The second-order valence-corrected chi connectivity index (χ2v) is 8.39. The summed E-state index contributed by atoms with van der Waals surface area (Å²) in [5.41, 5.74) is 2.61. The first kappa shape index (κ1) is 24.5. The van der Waals surface area contributed by atoms with E-state index in [0.29, 0.717) is 42.5 Å².